The van der Waals surface area contributed by atoms with E-state index in [1.54, 1.807) is 0 Å². The summed E-state index contributed by atoms with van der Waals surface area (Å²) in [6.07, 6.45) is 0. The number of nitrogens with zero attached hydrogens (tertiary/aromatic N) is 5. The molecule has 8 aromatic carbocycles. The van der Waals surface area contributed by atoms with Crippen molar-refractivity contribution in [1.82, 2.24) is 24.1 Å². The summed E-state index contributed by atoms with van der Waals surface area (Å²) in [4.78, 5) is 15.3. The molecule has 0 amide bonds. The van der Waals surface area contributed by atoms with Crippen molar-refractivity contribution >= 4 is 43.6 Å². The van der Waals surface area contributed by atoms with Gasteiger partial charge in [-0.05, 0) is 70.8 Å². The molecule has 3 heterocycles. The van der Waals surface area contributed by atoms with E-state index >= 15 is 0 Å². The predicted molar refractivity (Wildman–Crippen MR) is 242 cm³/mol. The summed E-state index contributed by atoms with van der Waals surface area (Å²) in [6, 6.07) is 67.1. The van der Waals surface area contributed by atoms with Crippen molar-refractivity contribution < 1.29 is 0 Å². The first kappa shape index (κ1) is 33.5. The lowest BCUT2D eigenvalue weighted by Gasteiger charge is -2.22. The van der Waals surface area contributed by atoms with Gasteiger partial charge in [0.15, 0.2) is 17.5 Å². The third-order valence-corrected chi connectivity index (χ3v) is 12.4. The van der Waals surface area contributed by atoms with Crippen molar-refractivity contribution in [3.63, 3.8) is 0 Å². The third-order valence-electron chi connectivity index (χ3n) is 12.4. The SMILES string of the molecule is CC1(C)c2cc(-n3c4ccccc4c4cc5c(cc43)c3ccccc3n5-c3ccccc3)ccc2-c2c(-c3nc(-c4ccccc4)nc(-c4ccccc4)n3)cccc21. The van der Waals surface area contributed by atoms with Gasteiger partial charge in [-0.25, -0.2) is 15.0 Å². The fraction of sp³-hybridized carbons (Fsp3) is 0.0556. The molecule has 1 aliphatic rings. The quantitative estimate of drug-likeness (QED) is 0.176. The highest BCUT2D eigenvalue weighted by Crippen LogP contribution is 2.53. The van der Waals surface area contributed by atoms with E-state index in [1.165, 1.54) is 65.9 Å². The molecule has 3 aromatic heterocycles. The van der Waals surface area contributed by atoms with Crippen LogP contribution >= 0.6 is 0 Å². The summed E-state index contributed by atoms with van der Waals surface area (Å²) in [5.41, 5.74) is 14.7. The van der Waals surface area contributed by atoms with E-state index in [1.807, 2.05) is 36.4 Å². The maximum atomic E-state index is 5.16. The molecule has 5 heteroatoms. The normalized spacial score (nSPS) is 13.1. The lowest BCUT2D eigenvalue weighted by molar-refractivity contribution is 0.660. The summed E-state index contributed by atoms with van der Waals surface area (Å²) in [6.45, 7) is 4.69. The van der Waals surface area contributed by atoms with Crippen LogP contribution in [-0.2, 0) is 5.41 Å². The summed E-state index contributed by atoms with van der Waals surface area (Å²) in [5.74, 6) is 1.99. The van der Waals surface area contributed by atoms with E-state index in [0.29, 0.717) is 17.5 Å². The van der Waals surface area contributed by atoms with Gasteiger partial charge < -0.3 is 9.13 Å². The fourth-order valence-electron chi connectivity index (χ4n) is 9.59. The molecule has 12 rings (SSSR count). The summed E-state index contributed by atoms with van der Waals surface area (Å²) in [5, 5.41) is 4.95. The summed E-state index contributed by atoms with van der Waals surface area (Å²) < 4.78 is 4.87. The minimum Gasteiger partial charge on any atom is -0.309 e. The molecule has 0 saturated heterocycles. The van der Waals surface area contributed by atoms with Gasteiger partial charge in [-0.1, -0.05) is 153 Å². The van der Waals surface area contributed by atoms with Crippen LogP contribution in [0.25, 0.3) is 100 Å². The highest BCUT2D eigenvalue weighted by Gasteiger charge is 2.38. The minimum absolute atomic E-state index is 0.274. The van der Waals surface area contributed by atoms with Gasteiger partial charge in [-0.3, -0.25) is 0 Å². The number of rotatable bonds is 5. The van der Waals surface area contributed by atoms with Crippen LogP contribution in [0.5, 0.6) is 0 Å². The van der Waals surface area contributed by atoms with Gasteiger partial charge in [0.1, 0.15) is 0 Å². The van der Waals surface area contributed by atoms with Gasteiger partial charge in [0, 0.05) is 55.0 Å². The Balaban J connectivity index is 1.07. The molecule has 11 aromatic rings. The second kappa shape index (κ2) is 12.7. The fourth-order valence-corrected chi connectivity index (χ4v) is 9.59. The van der Waals surface area contributed by atoms with E-state index in [9.17, 15) is 0 Å². The number of fused-ring (bicyclic) bond motifs is 9. The maximum Gasteiger partial charge on any atom is 0.164 e. The standard InChI is InChI=1S/C54H37N5/c1-54(2)44-26-16-25-41(53-56-51(34-17-6-3-7-18-34)55-52(57-53)35-19-8-4-9-20-35)50(44)40-30-29-37(31-45(40)54)59-47-28-15-13-24-39(47)43-32-48-42(33-49(43)59)38-23-12-14-27-46(38)58(48)36-21-10-5-11-22-36/h3-33H,1-2H3. The molecular formula is C54H37N5. The molecule has 0 saturated carbocycles. The molecule has 0 spiro atoms. The topological polar surface area (TPSA) is 48.5 Å². The van der Waals surface area contributed by atoms with Gasteiger partial charge >= 0.3 is 0 Å². The van der Waals surface area contributed by atoms with Crippen molar-refractivity contribution in [2.24, 2.45) is 0 Å². The van der Waals surface area contributed by atoms with Crippen LogP contribution in [0.15, 0.2) is 188 Å². The minimum atomic E-state index is -0.274. The van der Waals surface area contributed by atoms with Gasteiger partial charge in [-0.2, -0.15) is 0 Å². The van der Waals surface area contributed by atoms with Crippen molar-refractivity contribution in [2.75, 3.05) is 0 Å². The van der Waals surface area contributed by atoms with E-state index < -0.39 is 0 Å². The first-order valence-corrected chi connectivity index (χ1v) is 20.2. The molecule has 1 aliphatic carbocycles. The smallest absolute Gasteiger partial charge is 0.164 e. The Hall–Kier alpha value is -7.63. The molecular weight excluding hydrogens is 719 g/mol. The molecule has 0 fully saturated rings. The molecule has 0 aliphatic heterocycles. The molecule has 0 unspecified atom stereocenters. The number of hydrogen-bond donors (Lipinski definition) is 0. The highest BCUT2D eigenvalue weighted by molar-refractivity contribution is 6.19. The summed E-state index contributed by atoms with van der Waals surface area (Å²) in [7, 11) is 0. The second-order valence-electron chi connectivity index (χ2n) is 16.0. The second-order valence-corrected chi connectivity index (χ2v) is 16.0. The van der Waals surface area contributed by atoms with Gasteiger partial charge in [-0.15, -0.1) is 0 Å². The van der Waals surface area contributed by atoms with Gasteiger partial charge in [0.2, 0.25) is 0 Å². The highest BCUT2D eigenvalue weighted by atomic mass is 15.0. The van der Waals surface area contributed by atoms with E-state index in [2.05, 4.69) is 175 Å². The number of para-hydroxylation sites is 3. The van der Waals surface area contributed by atoms with Crippen LogP contribution in [-0.4, -0.2) is 24.1 Å². The van der Waals surface area contributed by atoms with Crippen LogP contribution in [0, 0.1) is 0 Å². The zero-order chi connectivity index (χ0) is 39.2. The van der Waals surface area contributed by atoms with E-state index in [0.717, 1.165) is 28.1 Å². The van der Waals surface area contributed by atoms with Crippen molar-refractivity contribution in [2.45, 2.75) is 19.3 Å². The lowest BCUT2D eigenvalue weighted by Crippen LogP contribution is -2.15. The van der Waals surface area contributed by atoms with Gasteiger partial charge in [0.25, 0.3) is 0 Å². The summed E-state index contributed by atoms with van der Waals surface area (Å²) >= 11 is 0. The Morgan fingerprint density at radius 1 is 0.356 bits per heavy atom. The molecule has 0 radical (unpaired) electrons. The van der Waals surface area contributed by atoms with Gasteiger partial charge in [0.05, 0.1) is 22.1 Å². The zero-order valence-corrected chi connectivity index (χ0v) is 32.6. The molecule has 278 valence electrons. The molecule has 5 nitrogen and oxygen atoms in total. The van der Waals surface area contributed by atoms with Crippen LogP contribution in [0.4, 0.5) is 0 Å². The zero-order valence-electron chi connectivity index (χ0n) is 32.6. The van der Waals surface area contributed by atoms with Crippen molar-refractivity contribution in [1.29, 1.82) is 0 Å². The van der Waals surface area contributed by atoms with E-state index in [-0.39, 0.29) is 5.41 Å². The number of benzene rings is 8. The number of hydrogen-bond acceptors (Lipinski definition) is 3. The van der Waals surface area contributed by atoms with Crippen LogP contribution < -0.4 is 0 Å². The Morgan fingerprint density at radius 2 is 0.864 bits per heavy atom. The maximum absolute atomic E-state index is 5.16. The molecule has 0 bridgehead atoms. The van der Waals surface area contributed by atoms with Crippen LogP contribution in [0.2, 0.25) is 0 Å². The Morgan fingerprint density at radius 3 is 1.46 bits per heavy atom. The average Bonchev–Trinajstić information content (AvgIpc) is 3.88. The van der Waals surface area contributed by atoms with E-state index in [4.69, 9.17) is 15.0 Å². The van der Waals surface area contributed by atoms with Crippen LogP contribution in [0.1, 0.15) is 25.0 Å². The molecule has 0 N–H and O–H groups in total. The first-order chi connectivity index (χ1) is 29.0. The third kappa shape index (κ3) is 5.01. The lowest BCUT2D eigenvalue weighted by atomic mass is 9.82. The number of aromatic nitrogens is 5. The van der Waals surface area contributed by atoms with Crippen molar-refractivity contribution in [3.8, 4) is 56.7 Å². The average molecular weight is 756 g/mol. The largest absolute Gasteiger partial charge is 0.309 e. The van der Waals surface area contributed by atoms with Crippen LogP contribution in [0.3, 0.4) is 0 Å². The first-order valence-electron chi connectivity index (χ1n) is 20.2. The Bertz CT molecular complexity index is 3390. The molecule has 0 atom stereocenters. The van der Waals surface area contributed by atoms with Crippen molar-refractivity contribution in [3.05, 3.63) is 199 Å². The Labute approximate surface area is 341 Å². The predicted octanol–water partition coefficient (Wildman–Crippen LogP) is 13.4. The molecule has 59 heavy (non-hydrogen) atoms. The Kier molecular flexibility index (Phi) is 7.20. The monoisotopic (exact) mass is 755 g/mol.